The van der Waals surface area contributed by atoms with Gasteiger partial charge in [-0.1, -0.05) is 17.7 Å². The second kappa shape index (κ2) is 7.63. The van der Waals surface area contributed by atoms with Gasteiger partial charge in [0.15, 0.2) is 11.0 Å². The number of fused-ring (bicyclic) bond motifs is 1. The number of aromatic nitrogens is 3. The Morgan fingerprint density at radius 2 is 2.00 bits per heavy atom. The highest BCUT2D eigenvalue weighted by atomic mass is 16.6. The van der Waals surface area contributed by atoms with Crippen LogP contribution in [0.1, 0.15) is 29.3 Å². The molecule has 2 aromatic heterocycles. The lowest BCUT2D eigenvalue weighted by Crippen LogP contribution is -2.24. The molecule has 1 saturated heterocycles. The van der Waals surface area contributed by atoms with Crippen LogP contribution in [0.5, 0.6) is 11.6 Å². The molecule has 158 valence electrons. The van der Waals surface area contributed by atoms with Gasteiger partial charge >= 0.3 is 5.69 Å². The first-order valence-corrected chi connectivity index (χ1v) is 9.50. The van der Waals surface area contributed by atoms with Gasteiger partial charge in [0.1, 0.15) is 24.3 Å². The Hall–Kier alpha value is -3.08. The molecule has 0 spiro atoms. The molecule has 0 bridgehead atoms. The minimum Gasteiger partial charge on any atom is -0.436 e. The molecule has 10 nitrogen and oxygen atoms in total. The molecular formula is C20H22N4O6. The smallest absolute Gasteiger partial charge is 0.313 e. The second-order valence-electron chi connectivity index (χ2n) is 7.50. The van der Waals surface area contributed by atoms with Crippen LogP contribution in [0, 0.1) is 30.9 Å². The van der Waals surface area contributed by atoms with E-state index in [-0.39, 0.29) is 35.6 Å². The molecule has 1 aromatic carbocycles. The van der Waals surface area contributed by atoms with E-state index in [0.29, 0.717) is 5.75 Å². The van der Waals surface area contributed by atoms with Crippen molar-refractivity contribution in [2.75, 3.05) is 6.61 Å². The number of aliphatic hydroxyl groups is 2. The first-order chi connectivity index (χ1) is 14.3. The van der Waals surface area contributed by atoms with Crippen molar-refractivity contribution in [3.05, 3.63) is 51.5 Å². The summed E-state index contributed by atoms with van der Waals surface area (Å²) in [5, 5.41) is 31.0. The molecule has 1 aliphatic heterocycles. The molecule has 2 N–H and O–H groups in total. The van der Waals surface area contributed by atoms with Crippen LogP contribution >= 0.6 is 0 Å². The third-order valence-electron chi connectivity index (χ3n) is 5.24. The van der Waals surface area contributed by atoms with E-state index in [1.807, 2.05) is 32.9 Å². The van der Waals surface area contributed by atoms with E-state index < -0.39 is 23.4 Å². The van der Waals surface area contributed by atoms with Crippen LogP contribution in [-0.4, -0.2) is 48.5 Å². The zero-order chi connectivity index (χ0) is 21.6. The molecule has 30 heavy (non-hydrogen) atoms. The van der Waals surface area contributed by atoms with Gasteiger partial charge in [-0.25, -0.2) is 9.97 Å². The highest BCUT2D eigenvalue weighted by molar-refractivity contribution is 5.88. The molecule has 0 aliphatic carbocycles. The lowest BCUT2D eigenvalue weighted by Gasteiger charge is -2.15. The van der Waals surface area contributed by atoms with Gasteiger partial charge in [-0.3, -0.25) is 14.7 Å². The van der Waals surface area contributed by atoms with Gasteiger partial charge in [-0.05, 0) is 31.9 Å². The van der Waals surface area contributed by atoms with Crippen molar-refractivity contribution in [1.82, 2.24) is 14.5 Å². The largest absolute Gasteiger partial charge is 0.436 e. The van der Waals surface area contributed by atoms with E-state index in [0.717, 1.165) is 22.9 Å². The van der Waals surface area contributed by atoms with Crippen molar-refractivity contribution in [3.8, 4) is 11.6 Å². The summed E-state index contributed by atoms with van der Waals surface area (Å²) in [6.45, 7) is 5.47. The number of nitro groups is 1. The topological polar surface area (TPSA) is 133 Å². The Kier molecular flexibility index (Phi) is 5.14. The molecular weight excluding hydrogens is 392 g/mol. The minimum atomic E-state index is -0.882. The standard InChI is InChI=1S/C20H22N4O6/c1-10-4-11(2)19(12(3)5-10)30-20-17-18(13(7-21-20)24(27)28)23(9-22-17)16-6-14(26)15(8-25)29-16/h4-5,7,9,14-16,25-26H,6,8H2,1-3H3/t14-,15+,16+/m0/s1. The van der Waals surface area contributed by atoms with Crippen LogP contribution in [0.15, 0.2) is 24.7 Å². The number of ether oxygens (including phenoxy) is 2. The fourth-order valence-corrected chi connectivity index (χ4v) is 3.91. The Balaban J connectivity index is 1.82. The highest BCUT2D eigenvalue weighted by Gasteiger charge is 2.36. The molecule has 1 aliphatic rings. The van der Waals surface area contributed by atoms with Gasteiger partial charge in [-0.2, -0.15) is 0 Å². The predicted molar refractivity (Wildman–Crippen MR) is 107 cm³/mol. The number of pyridine rings is 1. The van der Waals surface area contributed by atoms with Gasteiger partial charge in [0.2, 0.25) is 5.88 Å². The van der Waals surface area contributed by atoms with Gasteiger partial charge in [0, 0.05) is 6.42 Å². The van der Waals surface area contributed by atoms with Crippen LogP contribution < -0.4 is 4.74 Å². The van der Waals surface area contributed by atoms with E-state index in [1.165, 1.54) is 10.9 Å². The number of aliphatic hydroxyl groups excluding tert-OH is 2. The molecule has 3 atom stereocenters. The molecule has 3 heterocycles. The van der Waals surface area contributed by atoms with Crippen molar-refractivity contribution < 1.29 is 24.6 Å². The summed E-state index contributed by atoms with van der Waals surface area (Å²) in [7, 11) is 0. The van der Waals surface area contributed by atoms with Gasteiger partial charge < -0.3 is 19.7 Å². The quantitative estimate of drug-likeness (QED) is 0.481. The lowest BCUT2D eigenvalue weighted by molar-refractivity contribution is -0.383. The summed E-state index contributed by atoms with van der Waals surface area (Å²) >= 11 is 0. The predicted octanol–water partition coefficient (Wildman–Crippen LogP) is 2.70. The zero-order valence-electron chi connectivity index (χ0n) is 16.8. The molecule has 0 amide bonds. The highest BCUT2D eigenvalue weighted by Crippen LogP contribution is 2.38. The van der Waals surface area contributed by atoms with Crippen LogP contribution in [0.25, 0.3) is 11.0 Å². The Morgan fingerprint density at radius 3 is 2.60 bits per heavy atom. The first kappa shape index (κ1) is 20.2. The number of benzene rings is 1. The summed E-state index contributed by atoms with van der Waals surface area (Å²) in [5.41, 5.74) is 3.07. The van der Waals surface area contributed by atoms with Crippen LogP contribution in [0.2, 0.25) is 0 Å². The maximum Gasteiger partial charge on any atom is 0.313 e. The van der Waals surface area contributed by atoms with Gasteiger partial charge in [0.25, 0.3) is 0 Å². The number of aryl methyl sites for hydroxylation is 3. The van der Waals surface area contributed by atoms with Crippen molar-refractivity contribution >= 4 is 16.7 Å². The first-order valence-electron chi connectivity index (χ1n) is 9.50. The third kappa shape index (κ3) is 3.38. The van der Waals surface area contributed by atoms with Crippen molar-refractivity contribution in [3.63, 3.8) is 0 Å². The maximum absolute atomic E-state index is 11.6. The SMILES string of the molecule is Cc1cc(C)c(Oc2ncc([N+](=O)[O-])c3c2ncn3[C@H]2C[C@H](O)[C@@H](CO)O2)c(C)c1. The normalized spacial score (nSPS) is 21.3. The molecule has 1 fully saturated rings. The number of rotatable bonds is 5. The average molecular weight is 414 g/mol. The second-order valence-corrected chi connectivity index (χ2v) is 7.50. The Morgan fingerprint density at radius 1 is 1.30 bits per heavy atom. The fraction of sp³-hybridized carbons (Fsp3) is 0.400. The summed E-state index contributed by atoms with van der Waals surface area (Å²) in [6.07, 6.45) is 0.345. The van der Waals surface area contributed by atoms with Crippen molar-refractivity contribution in [2.24, 2.45) is 0 Å². The third-order valence-corrected chi connectivity index (χ3v) is 5.24. The van der Waals surface area contributed by atoms with E-state index in [9.17, 15) is 20.3 Å². The summed E-state index contributed by atoms with van der Waals surface area (Å²) in [4.78, 5) is 19.5. The molecule has 0 radical (unpaired) electrons. The number of hydrogen-bond donors (Lipinski definition) is 2. The van der Waals surface area contributed by atoms with E-state index in [4.69, 9.17) is 9.47 Å². The number of imidazole rings is 1. The van der Waals surface area contributed by atoms with Gasteiger partial charge in [0.05, 0.1) is 24.0 Å². The van der Waals surface area contributed by atoms with Gasteiger partial charge in [-0.15, -0.1) is 0 Å². The Labute approximate surface area is 171 Å². The number of nitrogens with zero attached hydrogens (tertiary/aromatic N) is 4. The van der Waals surface area contributed by atoms with E-state index >= 15 is 0 Å². The molecule has 0 saturated carbocycles. The molecule has 10 heteroatoms. The van der Waals surface area contributed by atoms with Crippen LogP contribution in [0.3, 0.4) is 0 Å². The van der Waals surface area contributed by atoms with Crippen molar-refractivity contribution in [2.45, 2.75) is 45.6 Å². The van der Waals surface area contributed by atoms with Crippen LogP contribution in [0.4, 0.5) is 5.69 Å². The van der Waals surface area contributed by atoms with Crippen LogP contribution in [-0.2, 0) is 4.74 Å². The monoisotopic (exact) mass is 414 g/mol. The van der Waals surface area contributed by atoms with E-state index in [1.54, 1.807) is 0 Å². The van der Waals surface area contributed by atoms with Crippen molar-refractivity contribution in [1.29, 1.82) is 0 Å². The average Bonchev–Trinajstić information content (AvgIpc) is 3.27. The fourth-order valence-electron chi connectivity index (χ4n) is 3.91. The maximum atomic E-state index is 11.6. The Bertz CT molecular complexity index is 1100. The summed E-state index contributed by atoms with van der Waals surface area (Å²) in [6, 6.07) is 3.96. The molecule has 3 aromatic rings. The van der Waals surface area contributed by atoms with E-state index in [2.05, 4.69) is 9.97 Å². The summed E-state index contributed by atoms with van der Waals surface area (Å²) in [5.74, 6) is 0.757. The lowest BCUT2D eigenvalue weighted by atomic mass is 10.1. The molecule has 0 unspecified atom stereocenters. The minimum absolute atomic E-state index is 0.140. The zero-order valence-corrected chi connectivity index (χ0v) is 16.8. The molecule has 4 rings (SSSR count). The number of hydrogen-bond acceptors (Lipinski definition) is 8. The summed E-state index contributed by atoms with van der Waals surface area (Å²) < 4.78 is 13.2.